The van der Waals surface area contributed by atoms with Gasteiger partial charge in [-0.15, -0.1) is 0 Å². The number of anilines is 1. The van der Waals surface area contributed by atoms with Crippen LogP contribution in [-0.4, -0.2) is 36.9 Å². The monoisotopic (exact) mass is 408 g/mol. The summed E-state index contributed by atoms with van der Waals surface area (Å²) in [6.45, 7) is 1.80. The highest BCUT2D eigenvalue weighted by molar-refractivity contribution is 9.10. The average Bonchev–Trinajstić information content (AvgIpc) is 2.61. The highest BCUT2D eigenvalue weighted by Crippen LogP contribution is 2.23. The molecule has 0 aliphatic carbocycles. The zero-order valence-electron chi connectivity index (χ0n) is 13.9. The fraction of sp³-hybridized carbons (Fsp3) is 0.222. The van der Waals surface area contributed by atoms with Gasteiger partial charge in [0.25, 0.3) is 5.91 Å². The van der Waals surface area contributed by atoms with Gasteiger partial charge < -0.3 is 15.0 Å². The number of para-hydroxylation sites is 2. The van der Waals surface area contributed by atoms with Gasteiger partial charge in [-0.05, 0) is 37.3 Å². The molecular formula is C18H18BrFN2O3. The lowest BCUT2D eigenvalue weighted by atomic mass is 10.2. The fourth-order valence-electron chi connectivity index (χ4n) is 2.27. The van der Waals surface area contributed by atoms with Gasteiger partial charge in [0.2, 0.25) is 5.91 Å². The summed E-state index contributed by atoms with van der Waals surface area (Å²) in [6.07, 6.45) is 0. The zero-order chi connectivity index (χ0) is 18.4. The maximum absolute atomic E-state index is 13.9. The summed E-state index contributed by atoms with van der Waals surface area (Å²) in [5.41, 5.74) is 0.424. The molecule has 0 aromatic heterocycles. The Kier molecular flexibility index (Phi) is 6.52. The van der Waals surface area contributed by atoms with Crippen molar-refractivity contribution < 1.29 is 18.7 Å². The van der Waals surface area contributed by atoms with Gasteiger partial charge in [-0.25, -0.2) is 4.39 Å². The second-order valence-electron chi connectivity index (χ2n) is 5.19. The third-order valence-electron chi connectivity index (χ3n) is 3.54. The molecule has 5 nitrogen and oxygen atoms in total. The molecule has 0 radical (unpaired) electrons. The third-order valence-corrected chi connectivity index (χ3v) is 4.04. The predicted molar refractivity (Wildman–Crippen MR) is 97.3 cm³/mol. The second-order valence-corrected chi connectivity index (χ2v) is 6.11. The number of ether oxygens (including phenoxy) is 1. The molecule has 0 bridgehead atoms. The van der Waals surface area contributed by atoms with Gasteiger partial charge in [0.1, 0.15) is 18.1 Å². The van der Waals surface area contributed by atoms with Gasteiger partial charge in [0.15, 0.2) is 0 Å². The van der Waals surface area contributed by atoms with Crippen molar-refractivity contribution in [1.29, 1.82) is 0 Å². The van der Waals surface area contributed by atoms with Crippen LogP contribution in [-0.2, 0) is 4.79 Å². The molecule has 7 heteroatoms. The van der Waals surface area contributed by atoms with Crippen molar-refractivity contribution in [3.63, 3.8) is 0 Å². The molecule has 2 rings (SSSR count). The van der Waals surface area contributed by atoms with Crippen molar-refractivity contribution in [2.75, 3.05) is 25.5 Å². The molecule has 0 unspecified atom stereocenters. The number of likely N-dealkylation sites (N-methyl/N-ethyl adjacent to an activating group) is 1. The first-order valence-corrected chi connectivity index (χ1v) is 8.42. The predicted octanol–water partition coefficient (Wildman–Crippen LogP) is 3.70. The SMILES string of the molecule is CCN(CC(=O)Nc1ccccc1OC)C(=O)c1cc(Br)ccc1F. The van der Waals surface area contributed by atoms with Crippen LogP contribution in [0, 0.1) is 5.82 Å². The smallest absolute Gasteiger partial charge is 0.257 e. The molecule has 25 heavy (non-hydrogen) atoms. The molecule has 0 atom stereocenters. The molecule has 0 aliphatic rings. The summed E-state index contributed by atoms with van der Waals surface area (Å²) in [7, 11) is 1.50. The number of amides is 2. The summed E-state index contributed by atoms with van der Waals surface area (Å²) in [5, 5.41) is 2.70. The zero-order valence-corrected chi connectivity index (χ0v) is 15.5. The van der Waals surface area contributed by atoms with Gasteiger partial charge in [0, 0.05) is 11.0 Å². The van der Waals surface area contributed by atoms with Crippen LogP contribution in [0.5, 0.6) is 5.75 Å². The Labute approximate surface area is 153 Å². The summed E-state index contributed by atoms with van der Waals surface area (Å²) in [5.74, 6) is -1.05. The number of halogens is 2. The van der Waals surface area contributed by atoms with Crippen LogP contribution in [0.1, 0.15) is 17.3 Å². The summed E-state index contributed by atoms with van der Waals surface area (Å²) in [6, 6.07) is 11.1. The molecule has 0 saturated heterocycles. The van der Waals surface area contributed by atoms with Crippen LogP contribution >= 0.6 is 15.9 Å². The van der Waals surface area contributed by atoms with E-state index in [1.807, 2.05) is 0 Å². The van der Waals surface area contributed by atoms with Crippen molar-refractivity contribution in [3.8, 4) is 5.75 Å². The number of rotatable bonds is 6. The second kappa shape index (κ2) is 8.62. The third kappa shape index (κ3) is 4.79. The molecule has 0 fully saturated rings. The first kappa shape index (κ1) is 18.9. The fourth-order valence-corrected chi connectivity index (χ4v) is 2.63. The van der Waals surface area contributed by atoms with Crippen molar-refractivity contribution >= 4 is 33.4 Å². The van der Waals surface area contributed by atoms with Gasteiger partial charge in [-0.1, -0.05) is 28.1 Å². The van der Waals surface area contributed by atoms with Crippen LogP contribution in [0.25, 0.3) is 0 Å². The van der Waals surface area contributed by atoms with E-state index in [2.05, 4.69) is 21.2 Å². The number of methoxy groups -OCH3 is 1. The molecule has 2 amide bonds. The maximum Gasteiger partial charge on any atom is 0.257 e. The van der Waals surface area contributed by atoms with Crippen LogP contribution in [0.4, 0.5) is 10.1 Å². The minimum absolute atomic E-state index is 0.0821. The molecule has 0 aliphatic heterocycles. The number of hydrogen-bond acceptors (Lipinski definition) is 3. The highest BCUT2D eigenvalue weighted by atomic mass is 79.9. The normalized spacial score (nSPS) is 10.2. The average molecular weight is 409 g/mol. The summed E-state index contributed by atoms with van der Waals surface area (Å²) < 4.78 is 19.7. The van der Waals surface area contributed by atoms with E-state index >= 15 is 0 Å². The molecule has 1 N–H and O–H groups in total. The van der Waals surface area contributed by atoms with Gasteiger partial charge in [0.05, 0.1) is 18.4 Å². The lowest BCUT2D eigenvalue weighted by Crippen LogP contribution is -2.38. The summed E-state index contributed by atoms with van der Waals surface area (Å²) >= 11 is 3.22. The molecule has 0 heterocycles. The number of nitrogens with one attached hydrogen (secondary N) is 1. The van der Waals surface area contributed by atoms with Crippen LogP contribution in [0.3, 0.4) is 0 Å². The Bertz CT molecular complexity index is 783. The van der Waals surface area contributed by atoms with Crippen molar-refractivity contribution in [2.24, 2.45) is 0 Å². The van der Waals surface area contributed by atoms with Gasteiger partial charge >= 0.3 is 0 Å². The number of benzene rings is 2. The van der Waals surface area contributed by atoms with E-state index in [1.54, 1.807) is 31.2 Å². The van der Waals surface area contributed by atoms with Gasteiger partial charge in [-0.2, -0.15) is 0 Å². The minimum Gasteiger partial charge on any atom is -0.495 e. The lowest BCUT2D eigenvalue weighted by molar-refractivity contribution is -0.116. The Morgan fingerprint density at radius 2 is 1.96 bits per heavy atom. The molecule has 0 spiro atoms. The molecular weight excluding hydrogens is 391 g/mol. The number of hydrogen-bond donors (Lipinski definition) is 1. The van der Waals surface area contributed by atoms with Crippen LogP contribution in [0.15, 0.2) is 46.9 Å². The number of carbonyl (C=O) groups excluding carboxylic acids is 2. The Hall–Kier alpha value is -2.41. The largest absolute Gasteiger partial charge is 0.495 e. The number of carbonyl (C=O) groups is 2. The minimum atomic E-state index is -0.628. The molecule has 132 valence electrons. The van der Waals surface area contributed by atoms with E-state index in [0.29, 0.717) is 15.9 Å². The lowest BCUT2D eigenvalue weighted by Gasteiger charge is -2.21. The number of nitrogens with zero attached hydrogens (tertiary/aromatic N) is 1. The molecule has 0 saturated carbocycles. The Morgan fingerprint density at radius 3 is 2.64 bits per heavy atom. The maximum atomic E-state index is 13.9. The van der Waals surface area contributed by atoms with E-state index in [0.717, 1.165) is 0 Å². The molecule has 2 aromatic rings. The van der Waals surface area contributed by atoms with Gasteiger partial charge in [-0.3, -0.25) is 9.59 Å². The van der Waals surface area contributed by atoms with Crippen LogP contribution in [0.2, 0.25) is 0 Å². The van der Waals surface area contributed by atoms with Crippen molar-refractivity contribution in [3.05, 3.63) is 58.3 Å². The first-order valence-electron chi connectivity index (χ1n) is 7.63. The van der Waals surface area contributed by atoms with E-state index in [4.69, 9.17) is 4.74 Å². The standard InChI is InChI=1S/C18H18BrFN2O3/c1-3-22(18(24)13-10-12(19)8-9-14(13)20)11-17(23)21-15-6-4-5-7-16(15)25-2/h4-10H,3,11H2,1-2H3,(H,21,23). The Morgan fingerprint density at radius 1 is 1.24 bits per heavy atom. The van der Waals surface area contributed by atoms with E-state index in [1.165, 1.54) is 30.2 Å². The first-order chi connectivity index (χ1) is 12.0. The van der Waals surface area contributed by atoms with E-state index in [-0.39, 0.29) is 18.7 Å². The van der Waals surface area contributed by atoms with E-state index in [9.17, 15) is 14.0 Å². The van der Waals surface area contributed by atoms with E-state index < -0.39 is 17.6 Å². The van der Waals surface area contributed by atoms with Crippen molar-refractivity contribution in [1.82, 2.24) is 4.90 Å². The Balaban J connectivity index is 2.12. The quantitative estimate of drug-likeness (QED) is 0.792. The topological polar surface area (TPSA) is 58.6 Å². The summed E-state index contributed by atoms with van der Waals surface area (Å²) in [4.78, 5) is 26.1. The van der Waals surface area contributed by atoms with Crippen LogP contribution < -0.4 is 10.1 Å². The van der Waals surface area contributed by atoms with Crippen molar-refractivity contribution in [2.45, 2.75) is 6.92 Å². The highest BCUT2D eigenvalue weighted by Gasteiger charge is 2.21. The molecule has 2 aromatic carbocycles.